The molecule has 9 heteroatoms. The second-order valence-corrected chi connectivity index (χ2v) is 11.4. The van der Waals surface area contributed by atoms with Crippen molar-refractivity contribution in [2.75, 3.05) is 19.7 Å². The van der Waals surface area contributed by atoms with Crippen LogP contribution in [0.1, 0.15) is 70.2 Å². The van der Waals surface area contributed by atoms with Crippen LogP contribution in [0.4, 0.5) is 9.18 Å². The standard InChI is InChI=1S/C29H37FN2O6/c1-5-37-25(34)22-17-32(24(33)16-21(22)20-10-6-7-11-23(20)30)19-29(36)14-15-31(26(35)38-27(2,3)4)18-28(29)12-8-9-13-28/h6-7,10-11,16-17,36H,5,8-9,12-15,18-19H2,1-4H3/t29-/m1/s1. The highest BCUT2D eigenvalue weighted by molar-refractivity contribution is 5.97. The van der Waals surface area contributed by atoms with Crippen molar-refractivity contribution in [3.63, 3.8) is 0 Å². The summed E-state index contributed by atoms with van der Waals surface area (Å²) in [5, 5.41) is 12.1. The molecule has 1 aliphatic carbocycles. The lowest BCUT2D eigenvalue weighted by Gasteiger charge is -2.52. The molecule has 1 N–H and O–H groups in total. The van der Waals surface area contributed by atoms with Gasteiger partial charge < -0.3 is 24.0 Å². The summed E-state index contributed by atoms with van der Waals surface area (Å²) in [6.07, 6.45) is 4.41. The van der Waals surface area contributed by atoms with E-state index in [1.807, 2.05) is 20.8 Å². The van der Waals surface area contributed by atoms with E-state index in [2.05, 4.69) is 0 Å². The molecule has 206 valence electrons. The number of halogens is 1. The van der Waals surface area contributed by atoms with Crippen molar-refractivity contribution in [2.24, 2.45) is 5.41 Å². The fourth-order valence-corrected chi connectivity index (χ4v) is 5.83. The molecule has 1 atom stereocenters. The molecule has 1 saturated heterocycles. The van der Waals surface area contributed by atoms with Crippen LogP contribution in [0.5, 0.6) is 0 Å². The number of hydrogen-bond acceptors (Lipinski definition) is 6. The number of carbonyl (C=O) groups is 2. The summed E-state index contributed by atoms with van der Waals surface area (Å²) in [5.41, 5.74) is -2.70. The lowest BCUT2D eigenvalue weighted by atomic mass is 9.66. The number of pyridine rings is 1. The predicted molar refractivity (Wildman–Crippen MR) is 140 cm³/mol. The molecule has 0 radical (unpaired) electrons. The van der Waals surface area contributed by atoms with Crippen molar-refractivity contribution < 1.29 is 28.6 Å². The highest BCUT2D eigenvalue weighted by Gasteiger charge is 2.56. The lowest BCUT2D eigenvalue weighted by Crippen LogP contribution is -2.62. The van der Waals surface area contributed by atoms with E-state index in [4.69, 9.17) is 9.47 Å². The van der Waals surface area contributed by atoms with Gasteiger partial charge in [0.05, 0.1) is 24.3 Å². The Bertz CT molecular complexity index is 1260. The third kappa shape index (κ3) is 5.48. The average Bonchev–Trinajstić information content (AvgIpc) is 3.31. The van der Waals surface area contributed by atoms with Crippen LogP contribution in [0, 0.1) is 11.2 Å². The Hall–Kier alpha value is -3.20. The molecule has 1 saturated carbocycles. The molecule has 2 aromatic rings. The van der Waals surface area contributed by atoms with E-state index < -0.39 is 40.1 Å². The largest absolute Gasteiger partial charge is 0.462 e. The fourth-order valence-electron chi connectivity index (χ4n) is 5.83. The summed E-state index contributed by atoms with van der Waals surface area (Å²) in [7, 11) is 0. The second-order valence-electron chi connectivity index (χ2n) is 11.4. The van der Waals surface area contributed by atoms with Gasteiger partial charge in [-0.15, -0.1) is 0 Å². The molecule has 38 heavy (non-hydrogen) atoms. The minimum atomic E-state index is -1.29. The van der Waals surface area contributed by atoms with E-state index in [9.17, 15) is 23.9 Å². The van der Waals surface area contributed by atoms with E-state index in [1.54, 1.807) is 17.9 Å². The van der Waals surface area contributed by atoms with E-state index in [-0.39, 0.29) is 42.8 Å². The first-order valence-electron chi connectivity index (χ1n) is 13.2. The SMILES string of the molecule is CCOC(=O)c1cn(C[C@]2(O)CCN(C(=O)OC(C)(C)C)CC23CCCC3)c(=O)cc1-c1ccccc1F. The van der Waals surface area contributed by atoms with Crippen LogP contribution in [-0.4, -0.2) is 57.5 Å². The number of amides is 1. The summed E-state index contributed by atoms with van der Waals surface area (Å²) in [6.45, 7) is 7.77. The third-order valence-electron chi connectivity index (χ3n) is 7.71. The van der Waals surface area contributed by atoms with Crippen LogP contribution >= 0.6 is 0 Å². The van der Waals surface area contributed by atoms with Crippen LogP contribution in [0.3, 0.4) is 0 Å². The van der Waals surface area contributed by atoms with Crippen molar-refractivity contribution in [1.29, 1.82) is 0 Å². The van der Waals surface area contributed by atoms with Crippen LogP contribution < -0.4 is 5.56 Å². The molecule has 4 rings (SSSR count). The maximum Gasteiger partial charge on any atom is 0.410 e. The van der Waals surface area contributed by atoms with Crippen LogP contribution in [0.25, 0.3) is 11.1 Å². The number of ether oxygens (including phenoxy) is 2. The van der Waals surface area contributed by atoms with Crippen LogP contribution in [0.2, 0.25) is 0 Å². The molecule has 1 amide bonds. The van der Waals surface area contributed by atoms with Crippen molar-refractivity contribution in [1.82, 2.24) is 9.47 Å². The number of esters is 1. The van der Waals surface area contributed by atoms with Crippen molar-refractivity contribution in [2.45, 2.75) is 77.5 Å². The van der Waals surface area contributed by atoms with Gasteiger partial charge in [-0.25, -0.2) is 14.0 Å². The molecule has 1 aromatic heterocycles. The monoisotopic (exact) mass is 528 g/mol. The predicted octanol–water partition coefficient (Wildman–Crippen LogP) is 4.76. The summed E-state index contributed by atoms with van der Waals surface area (Å²) < 4.78 is 26.8. The minimum Gasteiger partial charge on any atom is -0.462 e. The van der Waals surface area contributed by atoms with E-state index in [1.165, 1.54) is 35.0 Å². The number of piperidine rings is 1. The number of aliphatic hydroxyl groups is 1. The zero-order valence-electron chi connectivity index (χ0n) is 22.6. The molecule has 1 aromatic carbocycles. The Balaban J connectivity index is 1.70. The molecule has 0 bridgehead atoms. The number of rotatable bonds is 5. The number of carbonyl (C=O) groups excluding carboxylic acids is 2. The van der Waals surface area contributed by atoms with E-state index in [0.29, 0.717) is 19.4 Å². The summed E-state index contributed by atoms with van der Waals surface area (Å²) in [5.74, 6) is -1.24. The highest BCUT2D eigenvalue weighted by Crippen LogP contribution is 2.51. The maximum absolute atomic E-state index is 14.6. The number of aromatic nitrogens is 1. The Morgan fingerprint density at radius 2 is 1.79 bits per heavy atom. The molecule has 1 spiro atoms. The summed E-state index contributed by atoms with van der Waals surface area (Å²) >= 11 is 0. The first-order valence-corrected chi connectivity index (χ1v) is 13.2. The van der Waals surface area contributed by atoms with Gasteiger partial charge in [0, 0.05) is 41.9 Å². The minimum absolute atomic E-state index is 0.0480. The zero-order valence-corrected chi connectivity index (χ0v) is 22.6. The van der Waals surface area contributed by atoms with Gasteiger partial charge in [-0.3, -0.25) is 4.79 Å². The Morgan fingerprint density at radius 3 is 2.42 bits per heavy atom. The normalized spacial score (nSPS) is 20.9. The first-order chi connectivity index (χ1) is 17.9. The van der Waals surface area contributed by atoms with Gasteiger partial charge in [0.15, 0.2) is 0 Å². The number of nitrogens with zero attached hydrogens (tertiary/aromatic N) is 2. The van der Waals surface area contributed by atoms with Crippen LogP contribution in [0.15, 0.2) is 41.3 Å². The number of hydrogen-bond donors (Lipinski definition) is 1. The molecule has 0 unspecified atom stereocenters. The van der Waals surface area contributed by atoms with E-state index >= 15 is 0 Å². The molecular formula is C29H37FN2O6. The van der Waals surface area contributed by atoms with Gasteiger partial charge in [-0.1, -0.05) is 31.0 Å². The second kappa shape index (κ2) is 10.5. The van der Waals surface area contributed by atoms with Gasteiger partial charge >= 0.3 is 12.1 Å². The summed E-state index contributed by atoms with van der Waals surface area (Å²) in [4.78, 5) is 40.7. The first kappa shape index (κ1) is 27.8. The van der Waals surface area contributed by atoms with Crippen molar-refractivity contribution >= 4 is 12.1 Å². The quantitative estimate of drug-likeness (QED) is 0.562. The smallest absolute Gasteiger partial charge is 0.410 e. The molecular weight excluding hydrogens is 491 g/mol. The number of benzene rings is 1. The van der Waals surface area contributed by atoms with Gasteiger partial charge in [-0.05, 0) is 53.0 Å². The van der Waals surface area contributed by atoms with Gasteiger partial charge in [-0.2, -0.15) is 0 Å². The Morgan fingerprint density at radius 1 is 1.11 bits per heavy atom. The molecule has 1 aliphatic heterocycles. The molecule has 2 fully saturated rings. The van der Waals surface area contributed by atoms with Crippen molar-refractivity contribution in [3.05, 3.63) is 58.3 Å². The van der Waals surface area contributed by atoms with Gasteiger partial charge in [0.25, 0.3) is 5.56 Å². The topological polar surface area (TPSA) is 98.1 Å². The lowest BCUT2D eigenvalue weighted by molar-refractivity contribution is -0.140. The Kier molecular flexibility index (Phi) is 7.70. The third-order valence-corrected chi connectivity index (χ3v) is 7.71. The average molecular weight is 529 g/mol. The maximum atomic E-state index is 14.6. The molecule has 2 aliphatic rings. The Labute approximate surface area is 222 Å². The molecule has 8 nitrogen and oxygen atoms in total. The zero-order chi connectivity index (χ0) is 27.7. The number of likely N-dealkylation sites (tertiary alicyclic amines) is 1. The van der Waals surface area contributed by atoms with E-state index in [0.717, 1.165) is 12.8 Å². The van der Waals surface area contributed by atoms with Crippen LogP contribution in [-0.2, 0) is 16.0 Å². The fraction of sp³-hybridized carbons (Fsp3) is 0.552. The van der Waals surface area contributed by atoms with Gasteiger partial charge in [0.1, 0.15) is 11.4 Å². The summed E-state index contributed by atoms with van der Waals surface area (Å²) in [6, 6.07) is 7.16. The van der Waals surface area contributed by atoms with Crippen molar-refractivity contribution in [3.8, 4) is 11.1 Å². The highest BCUT2D eigenvalue weighted by atomic mass is 19.1. The van der Waals surface area contributed by atoms with Gasteiger partial charge in [0.2, 0.25) is 0 Å². The molecule has 2 heterocycles.